The van der Waals surface area contributed by atoms with Crippen LogP contribution in [0.25, 0.3) is 0 Å². The molecule has 18 heavy (non-hydrogen) atoms. The van der Waals surface area contributed by atoms with Gasteiger partial charge in [-0.1, -0.05) is 27.7 Å². The van der Waals surface area contributed by atoms with Crippen molar-refractivity contribution in [3.05, 3.63) is 0 Å². The van der Waals surface area contributed by atoms with Crippen LogP contribution in [0.2, 0.25) is 0 Å². The maximum atomic E-state index is 6.08. The molecule has 0 aliphatic carbocycles. The van der Waals surface area contributed by atoms with Gasteiger partial charge in [0.15, 0.2) is 0 Å². The summed E-state index contributed by atoms with van der Waals surface area (Å²) in [5.74, 6) is 2.09. The quantitative estimate of drug-likeness (QED) is 0.757. The van der Waals surface area contributed by atoms with Crippen LogP contribution in [0.15, 0.2) is 0 Å². The fourth-order valence-corrected chi connectivity index (χ4v) is 3.41. The van der Waals surface area contributed by atoms with Crippen molar-refractivity contribution in [2.45, 2.75) is 59.5 Å². The molecule has 0 aromatic carbocycles. The molecule has 0 N–H and O–H groups in total. The average molecular weight is 254 g/mol. The van der Waals surface area contributed by atoms with Gasteiger partial charge in [-0.25, -0.2) is 0 Å². The SMILES string of the molecule is CC(CC1COC(C)(C(C)C)C1)C1(C)CCOC1. The molecule has 2 heterocycles. The molecule has 4 atom stereocenters. The minimum atomic E-state index is 0.109. The van der Waals surface area contributed by atoms with Gasteiger partial charge in [0.05, 0.1) is 18.8 Å². The zero-order valence-corrected chi connectivity index (χ0v) is 12.8. The van der Waals surface area contributed by atoms with E-state index >= 15 is 0 Å². The minimum absolute atomic E-state index is 0.109. The molecule has 0 amide bonds. The Morgan fingerprint density at radius 1 is 1.22 bits per heavy atom. The highest BCUT2D eigenvalue weighted by Gasteiger charge is 2.42. The van der Waals surface area contributed by atoms with Crippen molar-refractivity contribution in [3.8, 4) is 0 Å². The molecular formula is C16H30O2. The molecule has 2 fully saturated rings. The summed E-state index contributed by atoms with van der Waals surface area (Å²) in [5, 5.41) is 0. The zero-order chi connectivity index (χ0) is 13.4. The van der Waals surface area contributed by atoms with Crippen molar-refractivity contribution in [2.75, 3.05) is 19.8 Å². The second-order valence-corrected chi connectivity index (χ2v) is 7.44. The Hall–Kier alpha value is -0.0800. The van der Waals surface area contributed by atoms with E-state index in [1.807, 2.05) is 0 Å². The zero-order valence-electron chi connectivity index (χ0n) is 12.8. The lowest BCUT2D eigenvalue weighted by Gasteiger charge is -2.32. The topological polar surface area (TPSA) is 18.5 Å². The molecule has 0 aromatic rings. The van der Waals surface area contributed by atoms with Crippen molar-refractivity contribution in [1.82, 2.24) is 0 Å². The van der Waals surface area contributed by atoms with E-state index < -0.39 is 0 Å². The molecule has 0 spiro atoms. The van der Waals surface area contributed by atoms with Gasteiger partial charge in [-0.15, -0.1) is 0 Å². The van der Waals surface area contributed by atoms with E-state index in [9.17, 15) is 0 Å². The first-order valence-electron chi connectivity index (χ1n) is 7.57. The van der Waals surface area contributed by atoms with Gasteiger partial charge in [0, 0.05) is 6.61 Å². The van der Waals surface area contributed by atoms with Gasteiger partial charge in [0.2, 0.25) is 0 Å². The first-order chi connectivity index (χ1) is 8.36. The monoisotopic (exact) mass is 254 g/mol. The van der Waals surface area contributed by atoms with Crippen molar-refractivity contribution >= 4 is 0 Å². The van der Waals surface area contributed by atoms with E-state index in [4.69, 9.17) is 9.47 Å². The lowest BCUT2D eigenvalue weighted by Crippen LogP contribution is -2.31. The Balaban J connectivity index is 1.88. The van der Waals surface area contributed by atoms with Crippen LogP contribution >= 0.6 is 0 Å². The third-order valence-electron chi connectivity index (χ3n) is 5.69. The third kappa shape index (κ3) is 2.75. The van der Waals surface area contributed by atoms with Gasteiger partial charge >= 0.3 is 0 Å². The highest BCUT2D eigenvalue weighted by Crippen LogP contribution is 2.43. The largest absolute Gasteiger partial charge is 0.381 e. The van der Waals surface area contributed by atoms with E-state index in [0.29, 0.717) is 11.3 Å². The number of hydrogen-bond acceptors (Lipinski definition) is 2. The molecule has 106 valence electrons. The second-order valence-electron chi connectivity index (χ2n) is 7.44. The normalized spacial score (nSPS) is 42.7. The van der Waals surface area contributed by atoms with Gasteiger partial charge in [-0.3, -0.25) is 0 Å². The van der Waals surface area contributed by atoms with Crippen LogP contribution in [0.5, 0.6) is 0 Å². The van der Waals surface area contributed by atoms with Crippen LogP contribution in [0.1, 0.15) is 53.9 Å². The summed E-state index contributed by atoms with van der Waals surface area (Å²) in [6.07, 6.45) is 3.75. The molecule has 0 bridgehead atoms. The second kappa shape index (κ2) is 5.13. The van der Waals surface area contributed by atoms with Crippen LogP contribution in [0.4, 0.5) is 0 Å². The molecule has 2 rings (SSSR count). The fourth-order valence-electron chi connectivity index (χ4n) is 3.41. The maximum Gasteiger partial charge on any atom is 0.0680 e. The van der Waals surface area contributed by atoms with Crippen LogP contribution in [0.3, 0.4) is 0 Å². The predicted molar refractivity (Wildman–Crippen MR) is 74.6 cm³/mol. The fraction of sp³-hybridized carbons (Fsp3) is 1.00. The molecule has 0 aromatic heterocycles. The highest BCUT2D eigenvalue weighted by atomic mass is 16.5. The van der Waals surface area contributed by atoms with Gasteiger partial charge < -0.3 is 9.47 Å². The Morgan fingerprint density at radius 3 is 2.44 bits per heavy atom. The first-order valence-corrected chi connectivity index (χ1v) is 7.57. The van der Waals surface area contributed by atoms with E-state index in [0.717, 1.165) is 31.7 Å². The lowest BCUT2D eigenvalue weighted by atomic mass is 9.72. The van der Waals surface area contributed by atoms with Crippen LogP contribution < -0.4 is 0 Å². The molecule has 2 aliphatic rings. The van der Waals surface area contributed by atoms with Gasteiger partial charge in [0.25, 0.3) is 0 Å². The van der Waals surface area contributed by atoms with Crippen LogP contribution in [-0.2, 0) is 9.47 Å². The molecule has 2 nitrogen and oxygen atoms in total. The Kier molecular flexibility index (Phi) is 4.08. The molecular weight excluding hydrogens is 224 g/mol. The smallest absolute Gasteiger partial charge is 0.0680 e. The number of hydrogen-bond donors (Lipinski definition) is 0. The van der Waals surface area contributed by atoms with E-state index in [-0.39, 0.29) is 5.60 Å². The maximum absolute atomic E-state index is 6.08. The first kappa shape index (κ1) is 14.3. The van der Waals surface area contributed by atoms with Crippen molar-refractivity contribution in [1.29, 1.82) is 0 Å². The summed E-state index contributed by atoms with van der Waals surface area (Å²) >= 11 is 0. The summed E-state index contributed by atoms with van der Waals surface area (Å²) in [7, 11) is 0. The molecule has 0 radical (unpaired) electrons. The predicted octanol–water partition coefficient (Wildman–Crippen LogP) is 3.89. The summed E-state index contributed by atoms with van der Waals surface area (Å²) in [6.45, 7) is 14.5. The third-order valence-corrected chi connectivity index (χ3v) is 5.69. The molecule has 2 heteroatoms. The Morgan fingerprint density at radius 2 is 1.94 bits per heavy atom. The number of rotatable bonds is 4. The Labute approximate surface area is 112 Å². The van der Waals surface area contributed by atoms with Crippen molar-refractivity contribution in [3.63, 3.8) is 0 Å². The van der Waals surface area contributed by atoms with E-state index in [1.54, 1.807) is 0 Å². The van der Waals surface area contributed by atoms with Gasteiger partial charge in [0.1, 0.15) is 0 Å². The van der Waals surface area contributed by atoms with Crippen molar-refractivity contribution in [2.24, 2.45) is 23.2 Å². The standard InChI is InChI=1S/C16H30O2/c1-12(2)16(5)9-14(10-18-16)8-13(3)15(4)6-7-17-11-15/h12-14H,6-11H2,1-5H3. The van der Waals surface area contributed by atoms with Crippen molar-refractivity contribution < 1.29 is 9.47 Å². The lowest BCUT2D eigenvalue weighted by molar-refractivity contribution is -0.0179. The molecule has 2 aliphatic heterocycles. The van der Waals surface area contributed by atoms with Crippen LogP contribution in [0, 0.1) is 23.2 Å². The minimum Gasteiger partial charge on any atom is -0.381 e. The summed E-state index contributed by atoms with van der Waals surface area (Å²) < 4.78 is 11.7. The molecule has 4 unspecified atom stereocenters. The average Bonchev–Trinajstić information content (AvgIpc) is 2.88. The Bertz CT molecular complexity index is 281. The van der Waals surface area contributed by atoms with Gasteiger partial charge in [-0.2, -0.15) is 0 Å². The van der Waals surface area contributed by atoms with E-state index in [1.165, 1.54) is 19.3 Å². The van der Waals surface area contributed by atoms with Gasteiger partial charge in [-0.05, 0) is 49.4 Å². The summed E-state index contributed by atoms with van der Waals surface area (Å²) in [4.78, 5) is 0. The summed E-state index contributed by atoms with van der Waals surface area (Å²) in [6, 6.07) is 0. The number of ether oxygens (including phenoxy) is 2. The molecule has 0 saturated carbocycles. The van der Waals surface area contributed by atoms with Crippen LogP contribution in [-0.4, -0.2) is 25.4 Å². The summed E-state index contributed by atoms with van der Waals surface area (Å²) in [5.41, 5.74) is 0.508. The van der Waals surface area contributed by atoms with E-state index in [2.05, 4.69) is 34.6 Å². The molecule has 2 saturated heterocycles. The highest BCUT2D eigenvalue weighted by molar-refractivity contribution is 4.91.